The van der Waals surface area contributed by atoms with Gasteiger partial charge in [0, 0.05) is 0 Å². The van der Waals surface area contributed by atoms with E-state index in [1.807, 2.05) is 24.3 Å². The molecular formula is C14H15N3O2. The number of amidine groups is 1. The predicted octanol–water partition coefficient (Wildman–Crippen LogP) is 2.53. The zero-order valence-corrected chi connectivity index (χ0v) is 10.6. The Kier molecular flexibility index (Phi) is 3.97. The lowest BCUT2D eigenvalue weighted by Crippen LogP contribution is -2.14. The van der Waals surface area contributed by atoms with Crippen LogP contribution in [0, 0.1) is 0 Å². The molecular weight excluding hydrogens is 242 g/mol. The minimum absolute atomic E-state index is 0.0288. The van der Waals surface area contributed by atoms with Gasteiger partial charge in [0.05, 0.1) is 6.20 Å². The Hall–Kier alpha value is -2.56. The number of benzene rings is 1. The highest BCUT2D eigenvalue weighted by atomic mass is 16.5. The van der Waals surface area contributed by atoms with Crippen LogP contribution in [0.4, 0.5) is 0 Å². The molecule has 0 aliphatic rings. The van der Waals surface area contributed by atoms with Gasteiger partial charge in [-0.2, -0.15) is 0 Å². The molecule has 0 spiro atoms. The van der Waals surface area contributed by atoms with E-state index in [0.717, 1.165) is 12.2 Å². The number of aromatic nitrogens is 1. The molecule has 3 N–H and O–H groups in total. The van der Waals surface area contributed by atoms with Gasteiger partial charge in [-0.3, -0.25) is 0 Å². The summed E-state index contributed by atoms with van der Waals surface area (Å²) in [5.41, 5.74) is 7.08. The summed E-state index contributed by atoms with van der Waals surface area (Å²) in [7, 11) is 0. The summed E-state index contributed by atoms with van der Waals surface area (Å²) in [4.78, 5) is 4.04. The van der Waals surface area contributed by atoms with Crippen molar-refractivity contribution >= 4 is 5.84 Å². The van der Waals surface area contributed by atoms with Gasteiger partial charge in [-0.05, 0) is 36.2 Å². The second-order valence-corrected chi connectivity index (χ2v) is 3.96. The van der Waals surface area contributed by atoms with Crippen LogP contribution in [0.1, 0.15) is 18.2 Å². The molecule has 0 aliphatic heterocycles. The molecule has 0 amide bonds. The van der Waals surface area contributed by atoms with E-state index >= 15 is 0 Å². The number of hydrogen-bond donors (Lipinski definition) is 2. The van der Waals surface area contributed by atoms with Crippen LogP contribution in [-0.4, -0.2) is 16.0 Å². The van der Waals surface area contributed by atoms with Gasteiger partial charge in [-0.25, -0.2) is 4.98 Å². The second-order valence-electron chi connectivity index (χ2n) is 3.96. The van der Waals surface area contributed by atoms with E-state index in [-0.39, 0.29) is 5.84 Å². The van der Waals surface area contributed by atoms with Gasteiger partial charge in [-0.1, -0.05) is 24.2 Å². The largest absolute Gasteiger partial charge is 0.456 e. The van der Waals surface area contributed by atoms with Gasteiger partial charge in [0.15, 0.2) is 5.84 Å². The molecule has 2 rings (SSSR count). The van der Waals surface area contributed by atoms with Crippen molar-refractivity contribution < 1.29 is 9.94 Å². The zero-order valence-electron chi connectivity index (χ0n) is 10.6. The first-order valence-corrected chi connectivity index (χ1v) is 5.93. The molecule has 0 aliphatic carbocycles. The average molecular weight is 257 g/mol. The third-order valence-electron chi connectivity index (χ3n) is 2.67. The molecule has 1 heterocycles. The smallest absolute Gasteiger partial charge is 0.188 e. The maximum atomic E-state index is 8.53. The van der Waals surface area contributed by atoms with Crippen LogP contribution in [0.15, 0.2) is 47.8 Å². The lowest BCUT2D eigenvalue weighted by atomic mass is 10.2. The lowest BCUT2D eigenvalue weighted by molar-refractivity contribution is 0.318. The van der Waals surface area contributed by atoms with E-state index in [1.54, 1.807) is 12.1 Å². The molecule has 0 radical (unpaired) electrons. The maximum absolute atomic E-state index is 8.53. The van der Waals surface area contributed by atoms with Gasteiger partial charge in [0.1, 0.15) is 17.2 Å². The van der Waals surface area contributed by atoms with E-state index in [9.17, 15) is 0 Å². The highest BCUT2D eigenvalue weighted by Gasteiger charge is 2.02. The van der Waals surface area contributed by atoms with Crippen molar-refractivity contribution in [2.75, 3.05) is 0 Å². The van der Waals surface area contributed by atoms with Crippen molar-refractivity contribution in [1.82, 2.24) is 4.98 Å². The Labute approximate surface area is 111 Å². The van der Waals surface area contributed by atoms with E-state index < -0.39 is 0 Å². The molecule has 0 bridgehead atoms. The quantitative estimate of drug-likeness (QED) is 0.381. The second kappa shape index (κ2) is 5.86. The molecule has 1 aromatic carbocycles. The van der Waals surface area contributed by atoms with Crippen molar-refractivity contribution in [2.24, 2.45) is 10.9 Å². The Balaban J connectivity index is 2.10. The first-order chi connectivity index (χ1) is 9.22. The average Bonchev–Trinajstić information content (AvgIpc) is 2.48. The summed E-state index contributed by atoms with van der Waals surface area (Å²) < 4.78 is 5.64. The molecule has 0 saturated heterocycles. The number of ether oxygens (including phenoxy) is 1. The Morgan fingerprint density at radius 2 is 1.89 bits per heavy atom. The van der Waals surface area contributed by atoms with Gasteiger partial charge in [0.2, 0.25) is 0 Å². The molecule has 0 saturated carbocycles. The van der Waals surface area contributed by atoms with E-state index in [0.29, 0.717) is 11.4 Å². The molecule has 98 valence electrons. The summed E-state index contributed by atoms with van der Waals surface area (Å²) in [6, 6.07) is 11.2. The molecule has 1 aromatic heterocycles. The highest BCUT2D eigenvalue weighted by Crippen LogP contribution is 2.21. The molecule has 0 unspecified atom stereocenters. The fourth-order valence-corrected chi connectivity index (χ4v) is 1.57. The minimum Gasteiger partial charge on any atom is -0.456 e. The van der Waals surface area contributed by atoms with Crippen LogP contribution in [-0.2, 0) is 6.42 Å². The Morgan fingerprint density at radius 1 is 1.21 bits per heavy atom. The lowest BCUT2D eigenvalue weighted by Gasteiger charge is -2.06. The van der Waals surface area contributed by atoms with Gasteiger partial charge in [0.25, 0.3) is 0 Å². The van der Waals surface area contributed by atoms with E-state index in [2.05, 4.69) is 17.1 Å². The third kappa shape index (κ3) is 3.22. The normalized spacial score (nSPS) is 11.3. The Bertz CT molecular complexity index is 562. The summed E-state index contributed by atoms with van der Waals surface area (Å²) in [6.07, 6.45) is 2.53. The maximum Gasteiger partial charge on any atom is 0.188 e. The van der Waals surface area contributed by atoms with Crippen LogP contribution < -0.4 is 10.5 Å². The summed E-state index contributed by atoms with van der Waals surface area (Å²) in [6.45, 7) is 2.10. The van der Waals surface area contributed by atoms with Crippen molar-refractivity contribution in [1.29, 1.82) is 0 Å². The van der Waals surface area contributed by atoms with Crippen molar-refractivity contribution in [3.05, 3.63) is 53.9 Å². The topological polar surface area (TPSA) is 80.7 Å². The number of nitrogens with zero attached hydrogens (tertiary/aromatic N) is 2. The molecule has 0 atom stereocenters. The van der Waals surface area contributed by atoms with Crippen LogP contribution in [0.5, 0.6) is 11.5 Å². The fraction of sp³-hybridized carbons (Fsp3) is 0.143. The fourth-order valence-electron chi connectivity index (χ4n) is 1.57. The highest BCUT2D eigenvalue weighted by molar-refractivity contribution is 5.95. The first kappa shape index (κ1) is 12.9. The molecule has 0 fully saturated rings. The number of nitrogens with two attached hydrogens (primary N) is 1. The monoisotopic (exact) mass is 257 g/mol. The number of aryl methyl sites for hydroxylation is 1. The molecule has 5 heteroatoms. The van der Waals surface area contributed by atoms with Gasteiger partial charge < -0.3 is 15.7 Å². The summed E-state index contributed by atoms with van der Waals surface area (Å²) in [5.74, 6) is 1.31. The third-order valence-corrected chi connectivity index (χ3v) is 2.67. The van der Waals surface area contributed by atoms with Crippen molar-refractivity contribution in [3.63, 3.8) is 0 Å². The van der Waals surface area contributed by atoms with Crippen LogP contribution in [0.2, 0.25) is 0 Å². The Morgan fingerprint density at radius 3 is 2.42 bits per heavy atom. The van der Waals surface area contributed by atoms with Crippen LogP contribution in [0.25, 0.3) is 0 Å². The van der Waals surface area contributed by atoms with E-state index in [1.165, 1.54) is 11.8 Å². The SMILES string of the molecule is CCc1ccc(Oc2ccc(/C(N)=N/O)nc2)cc1. The number of hydrogen-bond acceptors (Lipinski definition) is 4. The van der Waals surface area contributed by atoms with E-state index in [4.69, 9.17) is 15.7 Å². The summed E-state index contributed by atoms with van der Waals surface area (Å²) >= 11 is 0. The standard InChI is InChI=1S/C14H15N3O2/c1-2-10-3-5-11(6-4-10)19-12-7-8-13(16-9-12)14(15)17-18/h3-9,18H,2H2,1H3,(H2,15,17). The van der Waals surface area contributed by atoms with Crippen LogP contribution in [0.3, 0.4) is 0 Å². The summed E-state index contributed by atoms with van der Waals surface area (Å²) in [5, 5.41) is 11.4. The minimum atomic E-state index is -0.0288. The van der Waals surface area contributed by atoms with Gasteiger partial charge >= 0.3 is 0 Å². The molecule has 2 aromatic rings. The van der Waals surface area contributed by atoms with Crippen LogP contribution >= 0.6 is 0 Å². The predicted molar refractivity (Wildman–Crippen MR) is 72.6 cm³/mol. The van der Waals surface area contributed by atoms with Crippen molar-refractivity contribution in [3.8, 4) is 11.5 Å². The number of pyridine rings is 1. The first-order valence-electron chi connectivity index (χ1n) is 5.93. The number of oxime groups is 1. The van der Waals surface area contributed by atoms with Gasteiger partial charge in [-0.15, -0.1) is 0 Å². The van der Waals surface area contributed by atoms with Crippen molar-refractivity contribution in [2.45, 2.75) is 13.3 Å². The molecule has 5 nitrogen and oxygen atoms in total. The number of rotatable bonds is 4. The molecule has 19 heavy (non-hydrogen) atoms. The zero-order chi connectivity index (χ0) is 13.7.